The average molecular weight is 272 g/mol. The molecule has 0 radical (unpaired) electrons. The fourth-order valence-electron chi connectivity index (χ4n) is 1.83. The Morgan fingerprint density at radius 2 is 2.16 bits per heavy atom. The Hall–Kier alpha value is -2.01. The Labute approximate surface area is 116 Å². The Morgan fingerprint density at radius 1 is 1.26 bits per heavy atom. The molecule has 0 unspecified atom stereocenters. The number of aromatic nitrogens is 3. The zero-order chi connectivity index (χ0) is 13.2. The maximum atomic E-state index is 5.93. The number of nitrogens with zero attached hydrogens (tertiary/aromatic N) is 3. The van der Waals surface area contributed by atoms with Crippen LogP contribution in [-0.4, -0.2) is 22.4 Å². The van der Waals surface area contributed by atoms with Gasteiger partial charge in [-0.3, -0.25) is 0 Å². The monoisotopic (exact) mass is 271 g/mol. The van der Waals surface area contributed by atoms with Gasteiger partial charge in [-0.2, -0.15) is 0 Å². The van der Waals surface area contributed by atoms with E-state index in [0.29, 0.717) is 17.5 Å². The summed E-state index contributed by atoms with van der Waals surface area (Å²) in [5.74, 6) is 0.563. The Bertz CT molecular complexity index is 729. The highest BCUT2D eigenvalue weighted by Gasteiger charge is 2.03. The second-order valence-corrected chi connectivity index (χ2v) is 4.70. The molecule has 0 atom stereocenters. The third kappa shape index (κ3) is 2.56. The fourth-order valence-corrected chi connectivity index (χ4v) is 2.04. The van der Waals surface area contributed by atoms with Gasteiger partial charge in [0.05, 0.1) is 0 Å². The van der Waals surface area contributed by atoms with E-state index in [9.17, 15) is 0 Å². The number of fused-ring (bicyclic) bond motifs is 1. The maximum absolute atomic E-state index is 5.93. The third-order valence-corrected chi connectivity index (χ3v) is 3.02. The molecule has 3 rings (SSSR count). The molecular formula is C13H11BClN3O. The topological polar surface area (TPSA) is 39.4 Å². The van der Waals surface area contributed by atoms with Gasteiger partial charge in [-0.1, -0.05) is 23.7 Å². The number of imidazole rings is 1. The lowest BCUT2D eigenvalue weighted by Crippen LogP contribution is -2.12. The largest absolute Gasteiger partial charge is 0.472 e. The van der Waals surface area contributed by atoms with Gasteiger partial charge in [0.15, 0.2) is 13.5 Å². The number of ether oxygens (including phenoxy) is 1. The molecule has 3 aromatic rings. The molecule has 94 valence electrons. The van der Waals surface area contributed by atoms with Gasteiger partial charge in [-0.15, -0.1) is 5.10 Å². The molecule has 2 aromatic heterocycles. The molecule has 4 nitrogen and oxygen atoms in total. The fraction of sp³-hybridized carbons (Fsp3) is 0.0769. The van der Waals surface area contributed by atoms with Crippen LogP contribution in [0.2, 0.25) is 5.02 Å². The summed E-state index contributed by atoms with van der Waals surface area (Å²) in [4.78, 5) is 4.22. The second-order valence-electron chi connectivity index (χ2n) is 4.26. The van der Waals surface area contributed by atoms with Crippen molar-refractivity contribution >= 4 is 30.7 Å². The molecule has 0 saturated heterocycles. The van der Waals surface area contributed by atoms with E-state index < -0.39 is 0 Å². The summed E-state index contributed by atoms with van der Waals surface area (Å²) >= 11 is 5.93. The van der Waals surface area contributed by atoms with E-state index in [2.05, 4.69) is 10.1 Å². The first-order valence-electron chi connectivity index (χ1n) is 5.91. The van der Waals surface area contributed by atoms with E-state index in [0.717, 1.165) is 16.8 Å². The van der Waals surface area contributed by atoms with Crippen molar-refractivity contribution in [3.63, 3.8) is 0 Å². The first-order chi connectivity index (χ1) is 9.22. The van der Waals surface area contributed by atoms with Crippen LogP contribution >= 0.6 is 11.6 Å². The molecule has 0 fully saturated rings. The quantitative estimate of drug-likeness (QED) is 0.673. The van der Waals surface area contributed by atoms with Crippen LogP contribution in [0.25, 0.3) is 5.65 Å². The summed E-state index contributed by atoms with van der Waals surface area (Å²) < 4.78 is 7.42. The molecule has 0 bridgehead atoms. The standard InChI is InChI=1S/C13H11BClN3O/c14-11-7-16-12-4-5-13(17-18(11)12)19-8-9-2-1-3-10(15)6-9/h1-7H,8,14H2. The van der Waals surface area contributed by atoms with E-state index >= 15 is 0 Å². The van der Waals surface area contributed by atoms with E-state index in [1.165, 1.54) is 0 Å². The van der Waals surface area contributed by atoms with Crippen LogP contribution in [0.5, 0.6) is 5.88 Å². The van der Waals surface area contributed by atoms with Crippen LogP contribution in [0.4, 0.5) is 0 Å². The molecule has 19 heavy (non-hydrogen) atoms. The first-order valence-corrected chi connectivity index (χ1v) is 6.29. The van der Waals surface area contributed by atoms with Crippen molar-refractivity contribution in [1.29, 1.82) is 0 Å². The zero-order valence-corrected chi connectivity index (χ0v) is 11.1. The number of benzene rings is 1. The molecule has 2 heterocycles. The van der Waals surface area contributed by atoms with Crippen molar-refractivity contribution in [3.05, 3.63) is 53.2 Å². The minimum atomic E-state index is 0.437. The molecule has 1 aromatic carbocycles. The SMILES string of the molecule is Bc1cnc2ccc(OCc3cccc(Cl)c3)nn12. The van der Waals surface area contributed by atoms with Crippen LogP contribution in [0, 0.1) is 0 Å². The van der Waals surface area contributed by atoms with Gasteiger partial charge in [0.25, 0.3) is 0 Å². The molecule has 0 aliphatic heterocycles. The summed E-state index contributed by atoms with van der Waals surface area (Å²) in [6.07, 6.45) is 1.78. The highest BCUT2D eigenvalue weighted by atomic mass is 35.5. The van der Waals surface area contributed by atoms with Gasteiger partial charge >= 0.3 is 0 Å². The number of hydrogen-bond donors (Lipinski definition) is 0. The minimum absolute atomic E-state index is 0.437. The van der Waals surface area contributed by atoms with Gasteiger partial charge in [0.1, 0.15) is 6.61 Å². The predicted octanol–water partition coefficient (Wildman–Crippen LogP) is 1.22. The minimum Gasteiger partial charge on any atom is -0.472 e. The first kappa shape index (κ1) is 12.1. The number of rotatable bonds is 3. The summed E-state index contributed by atoms with van der Waals surface area (Å²) in [5, 5.41) is 5.07. The van der Waals surface area contributed by atoms with Gasteiger partial charge < -0.3 is 4.74 Å². The van der Waals surface area contributed by atoms with Crippen LogP contribution in [0.1, 0.15) is 5.56 Å². The van der Waals surface area contributed by atoms with Gasteiger partial charge in [0, 0.05) is 22.9 Å². The van der Waals surface area contributed by atoms with Gasteiger partial charge in [0.2, 0.25) is 5.88 Å². The molecule has 0 aliphatic rings. The van der Waals surface area contributed by atoms with E-state index in [1.54, 1.807) is 10.7 Å². The molecule has 0 saturated carbocycles. The van der Waals surface area contributed by atoms with Crippen molar-refractivity contribution in [1.82, 2.24) is 14.6 Å². The van der Waals surface area contributed by atoms with E-state index in [4.69, 9.17) is 16.3 Å². The summed E-state index contributed by atoms with van der Waals surface area (Å²) in [6, 6.07) is 11.3. The van der Waals surface area contributed by atoms with Crippen molar-refractivity contribution in [2.24, 2.45) is 0 Å². The highest BCUT2D eigenvalue weighted by Crippen LogP contribution is 2.13. The molecule has 6 heteroatoms. The number of halogens is 1. The lowest BCUT2D eigenvalue weighted by Gasteiger charge is -2.06. The van der Waals surface area contributed by atoms with E-state index in [1.807, 2.05) is 44.2 Å². The molecule has 0 spiro atoms. The predicted molar refractivity (Wildman–Crippen MR) is 76.9 cm³/mol. The van der Waals surface area contributed by atoms with Crippen LogP contribution in [0.15, 0.2) is 42.6 Å². The highest BCUT2D eigenvalue weighted by molar-refractivity contribution is 6.31. The zero-order valence-electron chi connectivity index (χ0n) is 10.4. The number of hydrogen-bond acceptors (Lipinski definition) is 3. The molecule has 0 aliphatic carbocycles. The van der Waals surface area contributed by atoms with Crippen molar-refractivity contribution < 1.29 is 4.74 Å². The molecule has 0 amide bonds. The average Bonchev–Trinajstić information content (AvgIpc) is 2.78. The smallest absolute Gasteiger partial charge is 0.232 e. The third-order valence-electron chi connectivity index (χ3n) is 2.78. The Balaban J connectivity index is 1.79. The van der Waals surface area contributed by atoms with Crippen LogP contribution in [0.3, 0.4) is 0 Å². The Morgan fingerprint density at radius 3 is 3.00 bits per heavy atom. The lowest BCUT2D eigenvalue weighted by molar-refractivity contribution is 0.289. The molecule has 0 N–H and O–H groups in total. The summed E-state index contributed by atoms with van der Waals surface area (Å²) in [7, 11) is 1.95. The van der Waals surface area contributed by atoms with Gasteiger partial charge in [-0.05, 0) is 23.8 Å². The lowest BCUT2D eigenvalue weighted by atomic mass is 10.1. The summed E-state index contributed by atoms with van der Waals surface area (Å²) in [6.45, 7) is 0.437. The van der Waals surface area contributed by atoms with Crippen molar-refractivity contribution in [3.8, 4) is 5.88 Å². The normalized spacial score (nSPS) is 10.8. The van der Waals surface area contributed by atoms with E-state index in [-0.39, 0.29) is 0 Å². The Kier molecular flexibility index (Phi) is 3.13. The van der Waals surface area contributed by atoms with Gasteiger partial charge in [-0.25, -0.2) is 9.50 Å². The second kappa shape index (κ2) is 4.94. The van der Waals surface area contributed by atoms with Crippen molar-refractivity contribution in [2.75, 3.05) is 0 Å². The summed E-state index contributed by atoms with van der Waals surface area (Å²) in [5.41, 5.74) is 2.80. The van der Waals surface area contributed by atoms with Crippen LogP contribution in [-0.2, 0) is 6.61 Å². The van der Waals surface area contributed by atoms with Crippen LogP contribution < -0.4 is 10.3 Å². The maximum Gasteiger partial charge on any atom is 0.232 e. The molecular weight excluding hydrogens is 260 g/mol. The van der Waals surface area contributed by atoms with Crippen molar-refractivity contribution in [2.45, 2.75) is 6.61 Å².